The number of nitro groups is 1. The Morgan fingerprint density at radius 3 is 2.79 bits per heavy atom. The molecule has 0 fully saturated rings. The van der Waals surface area contributed by atoms with Crippen molar-refractivity contribution >= 4 is 28.1 Å². The number of nitrogens with zero attached hydrogens (tertiary/aromatic N) is 3. The van der Waals surface area contributed by atoms with Crippen LogP contribution in [0, 0.1) is 22.9 Å². The number of hydrogen-bond acceptors (Lipinski definition) is 6. The summed E-state index contributed by atoms with van der Waals surface area (Å²) in [6.45, 7) is 1.72. The summed E-state index contributed by atoms with van der Waals surface area (Å²) in [5, 5.41) is 21.3. The first kappa shape index (κ1) is 13.0. The second-order valence-electron chi connectivity index (χ2n) is 3.50. The minimum Gasteiger partial charge on any atom is -0.296 e. The standard InChI is InChI=1S/C10H7FN4O3S/c1-5-13-14-10(19-5)12-9(16)6-2-3-7(11)8(4-6)15(17)18/h2-4H,1H3,(H,12,14,16). The Labute approximate surface area is 110 Å². The predicted octanol–water partition coefficient (Wildman–Crippen LogP) is 2.15. The molecule has 1 N–H and O–H groups in total. The van der Waals surface area contributed by atoms with Gasteiger partial charge in [0.2, 0.25) is 10.9 Å². The molecule has 0 saturated carbocycles. The van der Waals surface area contributed by atoms with Gasteiger partial charge in [0.1, 0.15) is 5.01 Å². The molecule has 0 aliphatic heterocycles. The van der Waals surface area contributed by atoms with Crippen molar-refractivity contribution in [2.45, 2.75) is 6.92 Å². The minimum absolute atomic E-state index is 0.0269. The highest BCUT2D eigenvalue weighted by molar-refractivity contribution is 7.15. The maximum atomic E-state index is 13.1. The van der Waals surface area contributed by atoms with E-state index >= 15 is 0 Å². The molecule has 0 radical (unpaired) electrons. The maximum Gasteiger partial charge on any atom is 0.305 e. The van der Waals surface area contributed by atoms with Crippen molar-refractivity contribution in [3.05, 3.63) is 44.7 Å². The van der Waals surface area contributed by atoms with Crippen LogP contribution in [-0.4, -0.2) is 21.0 Å². The first-order chi connectivity index (χ1) is 8.97. The van der Waals surface area contributed by atoms with Crippen LogP contribution < -0.4 is 5.32 Å². The van der Waals surface area contributed by atoms with E-state index in [-0.39, 0.29) is 10.7 Å². The Bertz CT molecular complexity index is 658. The lowest BCUT2D eigenvalue weighted by Crippen LogP contribution is -2.12. The number of rotatable bonds is 3. The largest absolute Gasteiger partial charge is 0.305 e. The highest BCUT2D eigenvalue weighted by Gasteiger charge is 2.18. The third-order valence-electron chi connectivity index (χ3n) is 2.15. The summed E-state index contributed by atoms with van der Waals surface area (Å²) in [6.07, 6.45) is 0. The molecule has 0 spiro atoms. The van der Waals surface area contributed by atoms with Crippen molar-refractivity contribution < 1.29 is 14.1 Å². The van der Waals surface area contributed by atoms with Crippen LogP contribution in [0.25, 0.3) is 0 Å². The Morgan fingerprint density at radius 1 is 1.47 bits per heavy atom. The van der Waals surface area contributed by atoms with Crippen molar-refractivity contribution in [1.29, 1.82) is 0 Å². The van der Waals surface area contributed by atoms with E-state index in [9.17, 15) is 19.3 Å². The van der Waals surface area contributed by atoms with Crippen molar-refractivity contribution in [2.75, 3.05) is 5.32 Å². The fraction of sp³-hybridized carbons (Fsp3) is 0.100. The molecule has 0 atom stereocenters. The van der Waals surface area contributed by atoms with Gasteiger partial charge in [-0.1, -0.05) is 11.3 Å². The van der Waals surface area contributed by atoms with Gasteiger partial charge in [-0.25, -0.2) is 0 Å². The van der Waals surface area contributed by atoms with Gasteiger partial charge in [-0.05, 0) is 19.1 Å². The third-order valence-corrected chi connectivity index (χ3v) is 2.91. The number of benzene rings is 1. The van der Waals surface area contributed by atoms with Gasteiger partial charge < -0.3 is 0 Å². The fourth-order valence-electron chi connectivity index (χ4n) is 1.31. The molecule has 19 heavy (non-hydrogen) atoms. The molecule has 0 bridgehead atoms. The summed E-state index contributed by atoms with van der Waals surface area (Å²) in [5.41, 5.74) is -0.776. The topological polar surface area (TPSA) is 98.0 Å². The van der Waals surface area contributed by atoms with Gasteiger partial charge in [0, 0.05) is 11.6 Å². The highest BCUT2D eigenvalue weighted by atomic mass is 32.1. The Balaban J connectivity index is 2.24. The first-order valence-electron chi connectivity index (χ1n) is 5.03. The van der Waals surface area contributed by atoms with E-state index in [2.05, 4.69) is 15.5 Å². The van der Waals surface area contributed by atoms with Gasteiger partial charge in [0.25, 0.3) is 5.91 Å². The summed E-state index contributed by atoms with van der Waals surface area (Å²) in [5.74, 6) is -1.60. The maximum absolute atomic E-state index is 13.1. The lowest BCUT2D eigenvalue weighted by Gasteiger charge is -2.01. The zero-order valence-corrected chi connectivity index (χ0v) is 10.4. The van der Waals surface area contributed by atoms with Crippen molar-refractivity contribution in [3.8, 4) is 0 Å². The summed E-state index contributed by atoms with van der Waals surface area (Å²) in [7, 11) is 0. The van der Waals surface area contributed by atoms with Crippen LogP contribution in [0.1, 0.15) is 15.4 Å². The number of carbonyl (C=O) groups excluding carboxylic acids is 1. The predicted molar refractivity (Wildman–Crippen MR) is 65.7 cm³/mol. The molecule has 1 aromatic heterocycles. The number of hydrogen-bond donors (Lipinski definition) is 1. The number of aromatic nitrogens is 2. The molecule has 7 nitrogen and oxygen atoms in total. The van der Waals surface area contributed by atoms with Crippen LogP contribution in [0.4, 0.5) is 15.2 Å². The molecular weight excluding hydrogens is 275 g/mol. The molecule has 2 aromatic rings. The van der Waals surface area contributed by atoms with E-state index in [0.717, 1.165) is 29.5 Å². The second kappa shape index (κ2) is 5.06. The van der Waals surface area contributed by atoms with Crippen LogP contribution in [0.5, 0.6) is 0 Å². The highest BCUT2D eigenvalue weighted by Crippen LogP contribution is 2.20. The molecule has 0 aliphatic rings. The van der Waals surface area contributed by atoms with Crippen LogP contribution in [-0.2, 0) is 0 Å². The van der Waals surface area contributed by atoms with Gasteiger partial charge in [0.05, 0.1) is 4.92 Å². The Morgan fingerprint density at radius 2 is 2.21 bits per heavy atom. The van der Waals surface area contributed by atoms with Gasteiger partial charge in [-0.2, -0.15) is 4.39 Å². The first-order valence-corrected chi connectivity index (χ1v) is 5.84. The van der Waals surface area contributed by atoms with Crippen LogP contribution in [0.2, 0.25) is 0 Å². The Kier molecular flexibility index (Phi) is 3.47. The molecule has 9 heteroatoms. The average molecular weight is 282 g/mol. The lowest BCUT2D eigenvalue weighted by molar-refractivity contribution is -0.387. The molecule has 1 amide bonds. The van der Waals surface area contributed by atoms with Gasteiger partial charge in [-0.15, -0.1) is 10.2 Å². The molecule has 1 heterocycles. The average Bonchev–Trinajstić information content (AvgIpc) is 2.74. The monoisotopic (exact) mass is 282 g/mol. The number of nitrogens with one attached hydrogen (secondary N) is 1. The van der Waals surface area contributed by atoms with E-state index in [1.54, 1.807) is 6.92 Å². The van der Waals surface area contributed by atoms with E-state index in [4.69, 9.17) is 0 Å². The number of halogens is 1. The van der Waals surface area contributed by atoms with E-state index in [0.29, 0.717) is 5.01 Å². The third kappa shape index (κ3) is 2.88. The van der Waals surface area contributed by atoms with Crippen molar-refractivity contribution in [1.82, 2.24) is 10.2 Å². The molecule has 0 saturated heterocycles. The van der Waals surface area contributed by atoms with Crippen LogP contribution in [0.3, 0.4) is 0 Å². The molecule has 98 valence electrons. The molecule has 0 unspecified atom stereocenters. The summed E-state index contributed by atoms with van der Waals surface area (Å²) >= 11 is 1.16. The van der Waals surface area contributed by atoms with E-state index in [1.165, 1.54) is 0 Å². The number of nitro benzene ring substituents is 1. The number of anilines is 1. The molecule has 0 aliphatic carbocycles. The summed E-state index contributed by atoms with van der Waals surface area (Å²) in [6, 6.07) is 2.91. The summed E-state index contributed by atoms with van der Waals surface area (Å²) in [4.78, 5) is 21.5. The van der Waals surface area contributed by atoms with Crippen LogP contribution >= 0.6 is 11.3 Å². The SMILES string of the molecule is Cc1nnc(NC(=O)c2ccc(F)c([N+](=O)[O-])c2)s1. The molecule has 2 rings (SSSR count). The molecular formula is C10H7FN4O3S. The lowest BCUT2D eigenvalue weighted by atomic mass is 10.2. The van der Waals surface area contributed by atoms with E-state index in [1.807, 2.05) is 0 Å². The van der Waals surface area contributed by atoms with Crippen LogP contribution in [0.15, 0.2) is 18.2 Å². The molecule has 1 aromatic carbocycles. The van der Waals surface area contributed by atoms with E-state index < -0.39 is 22.3 Å². The number of amides is 1. The zero-order chi connectivity index (χ0) is 14.0. The zero-order valence-electron chi connectivity index (χ0n) is 9.58. The van der Waals surface area contributed by atoms with Crippen molar-refractivity contribution in [3.63, 3.8) is 0 Å². The summed E-state index contributed by atoms with van der Waals surface area (Å²) < 4.78 is 13.1. The van der Waals surface area contributed by atoms with Crippen molar-refractivity contribution in [2.24, 2.45) is 0 Å². The fourth-order valence-corrected chi connectivity index (χ4v) is 1.90. The van der Waals surface area contributed by atoms with Gasteiger partial charge in [0.15, 0.2) is 0 Å². The number of carbonyl (C=O) groups is 1. The smallest absolute Gasteiger partial charge is 0.296 e. The Hall–Kier alpha value is -2.42. The normalized spacial score (nSPS) is 10.2. The minimum atomic E-state index is -0.992. The second-order valence-corrected chi connectivity index (χ2v) is 4.69. The number of aryl methyl sites for hydroxylation is 1. The van der Waals surface area contributed by atoms with Gasteiger partial charge >= 0.3 is 5.69 Å². The quantitative estimate of drug-likeness (QED) is 0.687. The van der Waals surface area contributed by atoms with Gasteiger partial charge in [-0.3, -0.25) is 20.2 Å².